The molecule has 0 radical (unpaired) electrons. The summed E-state index contributed by atoms with van der Waals surface area (Å²) in [4.78, 5) is 35.8. The van der Waals surface area contributed by atoms with Gasteiger partial charge in [-0.3, -0.25) is 18.6 Å². The third-order valence-electron chi connectivity index (χ3n) is 16.5. The Hall–Kier alpha value is -2.29. The van der Waals surface area contributed by atoms with Crippen LogP contribution in [0.2, 0.25) is 0 Å². The molecule has 0 saturated heterocycles. The average Bonchev–Trinajstić information content (AvgIpc) is 3.67. The molecule has 0 bridgehead atoms. The number of rotatable bonds is 69. The van der Waals surface area contributed by atoms with E-state index in [1.807, 2.05) is 21.1 Å². The van der Waals surface area contributed by atoms with E-state index in [1.54, 1.807) is 0 Å². The first-order chi connectivity index (χ1) is 42.0. The van der Waals surface area contributed by atoms with Gasteiger partial charge in [-0.15, -0.1) is 0 Å². The highest BCUT2D eigenvalue weighted by Crippen LogP contribution is 2.43. The number of ether oxygens (including phenoxy) is 2. The van der Waals surface area contributed by atoms with E-state index in [0.717, 1.165) is 70.6 Å². The first-order valence-corrected chi connectivity index (χ1v) is 38.5. The zero-order valence-electron chi connectivity index (χ0n) is 57.6. The highest BCUT2D eigenvalue weighted by Gasteiger charge is 2.27. The molecule has 0 aromatic carbocycles. The molecule has 0 fully saturated rings. The standard InChI is InChI=1S/C76H142NO8P/c1-6-8-10-12-14-16-18-20-22-24-26-28-29-30-31-32-33-34-35-36-37-38-39-40-41-42-43-44-45-46-47-49-50-52-54-56-58-60-62-64-66-68-75(78)82-72-74(73-84-86(80,81)83-71-70-77(3,4)5)85-76(79)69-67-65-63-61-59-57-55-53-51-48-27-25-23-21-19-17-15-13-11-9-7-2/h9,11,15,17,21,23-24,26-27,48,74H,6-8,10,12-14,16,18-20,22,25,28-47,49-73H2,1-5H3/p+1/b11-9-,17-15-,23-21-,26-24-,48-27-. The smallest absolute Gasteiger partial charge is 0.462 e. The van der Waals surface area contributed by atoms with Crippen LogP contribution in [0.15, 0.2) is 60.8 Å². The molecule has 9 nitrogen and oxygen atoms in total. The monoisotopic (exact) mass is 1230 g/mol. The summed E-state index contributed by atoms with van der Waals surface area (Å²) < 4.78 is 34.7. The predicted octanol–water partition coefficient (Wildman–Crippen LogP) is 24.2. The summed E-state index contributed by atoms with van der Waals surface area (Å²) in [5.41, 5.74) is 0. The van der Waals surface area contributed by atoms with Gasteiger partial charge in [0, 0.05) is 12.8 Å². The Bertz CT molecular complexity index is 1630. The van der Waals surface area contributed by atoms with Crippen molar-refractivity contribution in [2.45, 2.75) is 367 Å². The Morgan fingerprint density at radius 3 is 1.00 bits per heavy atom. The highest BCUT2D eigenvalue weighted by atomic mass is 31.2. The quantitative estimate of drug-likeness (QED) is 0.0211. The minimum Gasteiger partial charge on any atom is -0.462 e. The normalized spacial score (nSPS) is 13.4. The Morgan fingerprint density at radius 1 is 0.372 bits per heavy atom. The maximum Gasteiger partial charge on any atom is 0.472 e. The van der Waals surface area contributed by atoms with Crippen molar-refractivity contribution >= 4 is 19.8 Å². The molecular formula is C76H143NO8P+. The van der Waals surface area contributed by atoms with Crippen LogP contribution in [0.25, 0.3) is 0 Å². The summed E-state index contributed by atoms with van der Waals surface area (Å²) >= 11 is 0. The van der Waals surface area contributed by atoms with Crippen molar-refractivity contribution in [1.82, 2.24) is 0 Å². The lowest BCUT2D eigenvalue weighted by Crippen LogP contribution is -2.37. The highest BCUT2D eigenvalue weighted by molar-refractivity contribution is 7.47. The Morgan fingerprint density at radius 2 is 0.663 bits per heavy atom. The number of hydrogen-bond acceptors (Lipinski definition) is 7. The van der Waals surface area contributed by atoms with Crippen LogP contribution in [0.5, 0.6) is 0 Å². The van der Waals surface area contributed by atoms with Crippen molar-refractivity contribution in [3.05, 3.63) is 60.8 Å². The van der Waals surface area contributed by atoms with Gasteiger partial charge < -0.3 is 18.9 Å². The lowest BCUT2D eigenvalue weighted by Gasteiger charge is -2.24. The number of quaternary nitrogens is 1. The number of phosphoric acid groups is 1. The minimum atomic E-state index is -4.39. The van der Waals surface area contributed by atoms with Crippen LogP contribution in [-0.2, 0) is 32.7 Å². The molecule has 0 aromatic heterocycles. The summed E-state index contributed by atoms with van der Waals surface area (Å²) in [6, 6.07) is 0. The Labute approximate surface area is 534 Å². The van der Waals surface area contributed by atoms with E-state index in [0.29, 0.717) is 17.4 Å². The number of carbonyl (C=O) groups excluding carboxylic acids is 2. The molecule has 504 valence electrons. The van der Waals surface area contributed by atoms with Crippen molar-refractivity contribution in [2.24, 2.45) is 0 Å². The summed E-state index contributed by atoms with van der Waals surface area (Å²) in [5.74, 6) is -0.793. The van der Waals surface area contributed by atoms with Gasteiger partial charge in [0.25, 0.3) is 0 Å². The van der Waals surface area contributed by atoms with Crippen molar-refractivity contribution in [1.29, 1.82) is 0 Å². The molecule has 10 heteroatoms. The van der Waals surface area contributed by atoms with Gasteiger partial charge in [-0.05, 0) is 77.0 Å². The van der Waals surface area contributed by atoms with Crippen LogP contribution >= 0.6 is 7.82 Å². The number of unbranched alkanes of at least 4 members (excludes halogenated alkanes) is 45. The third-order valence-corrected chi connectivity index (χ3v) is 17.5. The van der Waals surface area contributed by atoms with Gasteiger partial charge in [0.05, 0.1) is 27.7 Å². The predicted molar refractivity (Wildman–Crippen MR) is 372 cm³/mol. The molecule has 0 saturated carbocycles. The second-order valence-corrected chi connectivity index (χ2v) is 27.8. The number of likely N-dealkylation sites (N-methyl/N-ethyl adjacent to an activating group) is 1. The van der Waals surface area contributed by atoms with Crippen LogP contribution < -0.4 is 0 Å². The average molecular weight is 1230 g/mol. The lowest BCUT2D eigenvalue weighted by atomic mass is 10.0. The molecule has 0 spiro atoms. The van der Waals surface area contributed by atoms with Gasteiger partial charge in [0.2, 0.25) is 0 Å². The van der Waals surface area contributed by atoms with Crippen molar-refractivity contribution in [2.75, 3.05) is 47.5 Å². The Balaban J connectivity index is 3.88. The molecule has 2 atom stereocenters. The largest absolute Gasteiger partial charge is 0.472 e. The fourth-order valence-electron chi connectivity index (χ4n) is 10.9. The van der Waals surface area contributed by atoms with Crippen molar-refractivity contribution in [3.63, 3.8) is 0 Å². The van der Waals surface area contributed by atoms with E-state index < -0.39 is 26.5 Å². The second kappa shape index (κ2) is 67.1. The number of phosphoric ester groups is 1. The second-order valence-electron chi connectivity index (χ2n) is 26.3. The van der Waals surface area contributed by atoms with Gasteiger partial charge in [-0.1, -0.05) is 331 Å². The summed E-state index contributed by atoms with van der Waals surface area (Å²) in [6.07, 6.45) is 89.4. The number of nitrogens with zero attached hydrogens (tertiary/aromatic N) is 1. The topological polar surface area (TPSA) is 108 Å². The maximum atomic E-state index is 12.9. The Kier molecular flexibility index (Phi) is 65.3. The number of allylic oxidation sites excluding steroid dienone is 10. The first-order valence-electron chi connectivity index (χ1n) is 37.0. The van der Waals surface area contributed by atoms with Crippen LogP contribution in [0.4, 0.5) is 0 Å². The molecule has 0 aromatic rings. The lowest BCUT2D eigenvalue weighted by molar-refractivity contribution is -0.870. The maximum absolute atomic E-state index is 12.9. The summed E-state index contributed by atoms with van der Waals surface area (Å²) in [5, 5.41) is 0. The van der Waals surface area contributed by atoms with E-state index in [2.05, 4.69) is 74.6 Å². The molecule has 86 heavy (non-hydrogen) atoms. The van der Waals surface area contributed by atoms with Gasteiger partial charge in [0.1, 0.15) is 19.8 Å². The fraction of sp³-hybridized carbons (Fsp3) is 0.842. The SMILES string of the molecule is CC/C=C\C/C=C\C/C=C\C/C=C\CCCCCCCCCCC(=O)OC(COC(=O)CCCCCCCCCCCCCCCCCCCCCCCCCCCCCCC/C=C\CCCCCCCCCC)COP(=O)(O)OCC[N+](C)(C)C. The zero-order chi connectivity index (χ0) is 62.6. The fourth-order valence-corrected chi connectivity index (χ4v) is 11.6. The van der Waals surface area contributed by atoms with Gasteiger partial charge in [0.15, 0.2) is 6.10 Å². The first kappa shape index (κ1) is 83.7. The number of hydrogen-bond donors (Lipinski definition) is 1. The van der Waals surface area contributed by atoms with Gasteiger partial charge in [-0.2, -0.15) is 0 Å². The van der Waals surface area contributed by atoms with Crippen LogP contribution in [0, 0.1) is 0 Å². The van der Waals surface area contributed by atoms with E-state index in [4.69, 9.17) is 18.5 Å². The number of carbonyl (C=O) groups is 2. The molecule has 0 aliphatic carbocycles. The third kappa shape index (κ3) is 70.8. The molecule has 0 rings (SSSR count). The molecule has 0 aliphatic rings. The van der Waals surface area contributed by atoms with Crippen molar-refractivity contribution < 1.29 is 42.1 Å². The zero-order valence-corrected chi connectivity index (χ0v) is 58.5. The number of esters is 2. The van der Waals surface area contributed by atoms with Crippen LogP contribution in [-0.4, -0.2) is 74.9 Å². The molecule has 1 N–H and O–H groups in total. The van der Waals surface area contributed by atoms with Crippen molar-refractivity contribution in [3.8, 4) is 0 Å². The summed E-state index contributed by atoms with van der Waals surface area (Å²) in [7, 11) is 1.48. The van der Waals surface area contributed by atoms with E-state index in [9.17, 15) is 19.0 Å². The van der Waals surface area contributed by atoms with E-state index >= 15 is 0 Å². The van der Waals surface area contributed by atoms with Gasteiger partial charge in [-0.25, -0.2) is 4.57 Å². The molecule has 0 aliphatic heterocycles. The molecule has 0 heterocycles. The minimum absolute atomic E-state index is 0.0297. The molecular weight excluding hydrogens is 1090 g/mol. The van der Waals surface area contributed by atoms with E-state index in [1.165, 1.54) is 257 Å². The van der Waals surface area contributed by atoms with Crippen LogP contribution in [0.3, 0.4) is 0 Å². The summed E-state index contributed by atoms with van der Waals surface area (Å²) in [6.45, 7) is 4.36. The molecule has 0 amide bonds. The molecule has 2 unspecified atom stereocenters. The van der Waals surface area contributed by atoms with Gasteiger partial charge >= 0.3 is 19.8 Å². The van der Waals surface area contributed by atoms with E-state index in [-0.39, 0.29) is 32.0 Å². The van der Waals surface area contributed by atoms with Crippen LogP contribution in [0.1, 0.15) is 361 Å².